The zero-order valence-corrected chi connectivity index (χ0v) is 9.28. The second kappa shape index (κ2) is 3.85. The predicted molar refractivity (Wildman–Crippen MR) is 63.8 cm³/mol. The molecule has 0 saturated heterocycles. The average molecular weight is 215 g/mol. The summed E-state index contributed by atoms with van der Waals surface area (Å²) < 4.78 is 5.58. The monoisotopic (exact) mass is 215 g/mol. The number of para-hydroxylation sites is 1. The van der Waals surface area contributed by atoms with E-state index < -0.39 is 5.91 Å². The Morgan fingerprint density at radius 3 is 2.75 bits per heavy atom. The number of carbonyl (C=O) groups is 1. The van der Waals surface area contributed by atoms with Crippen molar-refractivity contribution in [1.82, 2.24) is 0 Å². The summed E-state index contributed by atoms with van der Waals surface area (Å²) in [4.78, 5) is 11.0. The molecule has 1 heterocycles. The third-order valence-electron chi connectivity index (χ3n) is 2.57. The fraction of sp³-hybridized carbons (Fsp3) is 0.154. The van der Waals surface area contributed by atoms with Gasteiger partial charge in [0.2, 0.25) is 5.91 Å². The minimum atomic E-state index is -0.412. The van der Waals surface area contributed by atoms with Gasteiger partial charge in [-0.3, -0.25) is 4.79 Å². The molecule has 0 aliphatic carbocycles. The summed E-state index contributed by atoms with van der Waals surface area (Å²) in [7, 11) is 0. The number of hydrogen-bond acceptors (Lipinski definition) is 2. The molecule has 1 aromatic heterocycles. The molecule has 82 valence electrons. The highest BCUT2D eigenvalue weighted by molar-refractivity contribution is 5.99. The molecule has 0 aliphatic rings. The van der Waals surface area contributed by atoms with Crippen molar-refractivity contribution >= 4 is 23.0 Å². The highest BCUT2D eigenvalue weighted by Crippen LogP contribution is 2.27. The first-order valence-electron chi connectivity index (χ1n) is 5.06. The second-order valence-electron chi connectivity index (χ2n) is 3.76. The molecule has 2 aromatic rings. The lowest BCUT2D eigenvalue weighted by Gasteiger charge is -1.95. The number of fused-ring (bicyclic) bond motifs is 1. The maximum atomic E-state index is 11.0. The van der Waals surface area contributed by atoms with Gasteiger partial charge in [0.15, 0.2) is 0 Å². The fourth-order valence-electron chi connectivity index (χ4n) is 1.65. The van der Waals surface area contributed by atoms with E-state index in [1.807, 2.05) is 31.2 Å². The molecule has 0 unspecified atom stereocenters. The first kappa shape index (κ1) is 10.5. The summed E-state index contributed by atoms with van der Waals surface area (Å²) in [6, 6.07) is 7.72. The van der Waals surface area contributed by atoms with Crippen molar-refractivity contribution in [2.24, 2.45) is 5.73 Å². The smallest absolute Gasteiger partial charge is 0.244 e. The number of carbonyl (C=O) groups excluding carboxylic acids is 1. The number of benzene rings is 1. The minimum Gasteiger partial charge on any atom is -0.461 e. The van der Waals surface area contributed by atoms with Crippen LogP contribution in [0.25, 0.3) is 17.0 Å². The maximum absolute atomic E-state index is 11.0. The lowest BCUT2D eigenvalue weighted by Crippen LogP contribution is -2.11. The molecule has 0 radical (unpaired) electrons. The van der Waals surface area contributed by atoms with Crippen molar-refractivity contribution < 1.29 is 9.21 Å². The van der Waals surface area contributed by atoms with E-state index in [-0.39, 0.29) is 0 Å². The Morgan fingerprint density at radius 1 is 1.38 bits per heavy atom. The Morgan fingerprint density at radius 2 is 2.06 bits per heavy atom. The van der Waals surface area contributed by atoms with Crippen LogP contribution < -0.4 is 5.73 Å². The summed E-state index contributed by atoms with van der Waals surface area (Å²) in [6.45, 7) is 3.57. The van der Waals surface area contributed by atoms with Crippen molar-refractivity contribution in [1.29, 1.82) is 0 Å². The van der Waals surface area contributed by atoms with E-state index >= 15 is 0 Å². The topological polar surface area (TPSA) is 56.2 Å². The Bertz CT molecular complexity index is 579. The van der Waals surface area contributed by atoms with Crippen LogP contribution in [0.5, 0.6) is 0 Å². The molecule has 0 atom stereocenters. The van der Waals surface area contributed by atoms with Crippen LogP contribution in [-0.4, -0.2) is 5.91 Å². The molecule has 0 saturated carbocycles. The summed E-state index contributed by atoms with van der Waals surface area (Å²) in [5, 5.41) is 1.00. The largest absolute Gasteiger partial charge is 0.461 e. The third-order valence-corrected chi connectivity index (χ3v) is 2.57. The molecule has 1 amide bonds. The third kappa shape index (κ3) is 1.72. The standard InChI is InChI=1S/C13H13NO2/c1-8(13(14)15)7-11-9(2)16-12-6-4-3-5-10(11)12/h3-7H,1-2H3,(H2,14,15). The van der Waals surface area contributed by atoms with E-state index in [0.717, 1.165) is 22.3 Å². The number of hydrogen-bond donors (Lipinski definition) is 1. The number of rotatable bonds is 2. The van der Waals surface area contributed by atoms with Gasteiger partial charge in [0.05, 0.1) is 0 Å². The Kier molecular flexibility index (Phi) is 2.52. The number of amides is 1. The van der Waals surface area contributed by atoms with Gasteiger partial charge in [-0.1, -0.05) is 18.2 Å². The molecule has 1 aromatic carbocycles. The first-order valence-corrected chi connectivity index (χ1v) is 5.06. The molecule has 16 heavy (non-hydrogen) atoms. The van der Waals surface area contributed by atoms with Gasteiger partial charge >= 0.3 is 0 Å². The van der Waals surface area contributed by atoms with Gasteiger partial charge in [-0.05, 0) is 26.0 Å². The lowest BCUT2D eigenvalue weighted by atomic mass is 10.1. The van der Waals surface area contributed by atoms with Gasteiger partial charge in [0.25, 0.3) is 0 Å². The molecule has 0 fully saturated rings. The summed E-state index contributed by atoms with van der Waals surface area (Å²) in [6.07, 6.45) is 1.77. The van der Waals surface area contributed by atoms with Crippen molar-refractivity contribution in [3.05, 3.63) is 41.2 Å². The van der Waals surface area contributed by atoms with E-state index in [9.17, 15) is 4.79 Å². The van der Waals surface area contributed by atoms with Crippen LogP contribution in [0, 0.1) is 6.92 Å². The lowest BCUT2D eigenvalue weighted by molar-refractivity contribution is -0.114. The highest BCUT2D eigenvalue weighted by Gasteiger charge is 2.09. The molecule has 0 aliphatic heterocycles. The van der Waals surface area contributed by atoms with Crippen molar-refractivity contribution in [2.75, 3.05) is 0 Å². The second-order valence-corrected chi connectivity index (χ2v) is 3.76. The molecule has 3 nitrogen and oxygen atoms in total. The quantitative estimate of drug-likeness (QED) is 0.783. The average Bonchev–Trinajstić information content (AvgIpc) is 2.55. The van der Waals surface area contributed by atoms with E-state index in [2.05, 4.69) is 0 Å². The zero-order chi connectivity index (χ0) is 11.7. The Balaban J connectivity index is 2.64. The van der Waals surface area contributed by atoms with E-state index in [0.29, 0.717) is 5.57 Å². The van der Waals surface area contributed by atoms with Gasteiger partial charge in [0.1, 0.15) is 11.3 Å². The van der Waals surface area contributed by atoms with E-state index in [1.54, 1.807) is 13.0 Å². The summed E-state index contributed by atoms with van der Waals surface area (Å²) >= 11 is 0. The van der Waals surface area contributed by atoms with Crippen LogP contribution in [-0.2, 0) is 4.79 Å². The van der Waals surface area contributed by atoms with E-state index in [1.165, 1.54) is 0 Å². The summed E-state index contributed by atoms with van der Waals surface area (Å²) in [5.74, 6) is 0.381. The number of aryl methyl sites for hydroxylation is 1. The predicted octanol–water partition coefficient (Wildman–Crippen LogP) is 2.63. The van der Waals surface area contributed by atoms with Gasteiger partial charge < -0.3 is 10.2 Å². The zero-order valence-electron chi connectivity index (χ0n) is 9.28. The molecule has 0 bridgehead atoms. The van der Waals surface area contributed by atoms with Crippen molar-refractivity contribution in [3.63, 3.8) is 0 Å². The molecule has 0 spiro atoms. The van der Waals surface area contributed by atoms with Crippen molar-refractivity contribution in [2.45, 2.75) is 13.8 Å². The van der Waals surface area contributed by atoms with Crippen LogP contribution >= 0.6 is 0 Å². The summed E-state index contributed by atoms with van der Waals surface area (Å²) in [5.41, 5.74) is 7.48. The molecule has 2 rings (SSSR count). The maximum Gasteiger partial charge on any atom is 0.244 e. The van der Waals surface area contributed by atoms with Crippen LogP contribution in [0.4, 0.5) is 0 Å². The SMILES string of the molecule is CC(=Cc1c(C)oc2ccccc12)C(N)=O. The van der Waals surface area contributed by atoms with Gasteiger partial charge in [0, 0.05) is 16.5 Å². The number of primary amides is 1. The number of nitrogens with two attached hydrogens (primary N) is 1. The van der Waals surface area contributed by atoms with Gasteiger partial charge in [-0.25, -0.2) is 0 Å². The Labute approximate surface area is 93.5 Å². The normalized spacial score (nSPS) is 12.0. The van der Waals surface area contributed by atoms with Crippen LogP contribution in [0.3, 0.4) is 0 Å². The molecular weight excluding hydrogens is 202 g/mol. The van der Waals surface area contributed by atoms with Gasteiger partial charge in [-0.15, -0.1) is 0 Å². The number of furan rings is 1. The first-order chi connectivity index (χ1) is 7.59. The minimum absolute atomic E-state index is 0.412. The molecular formula is C13H13NO2. The van der Waals surface area contributed by atoms with Crippen molar-refractivity contribution in [3.8, 4) is 0 Å². The van der Waals surface area contributed by atoms with Gasteiger partial charge in [-0.2, -0.15) is 0 Å². The van der Waals surface area contributed by atoms with Crippen LogP contribution in [0.1, 0.15) is 18.2 Å². The van der Waals surface area contributed by atoms with Crippen LogP contribution in [0.15, 0.2) is 34.3 Å². The Hall–Kier alpha value is -2.03. The highest BCUT2D eigenvalue weighted by atomic mass is 16.3. The van der Waals surface area contributed by atoms with E-state index in [4.69, 9.17) is 10.2 Å². The molecule has 2 N–H and O–H groups in total. The van der Waals surface area contributed by atoms with Crippen LogP contribution in [0.2, 0.25) is 0 Å². The molecule has 3 heteroatoms. The fourth-order valence-corrected chi connectivity index (χ4v) is 1.65.